The lowest BCUT2D eigenvalue weighted by molar-refractivity contribution is 0.289. The van der Waals surface area contributed by atoms with Crippen LogP contribution in [0.15, 0.2) is 53.3 Å². The van der Waals surface area contributed by atoms with Gasteiger partial charge in [0.05, 0.1) is 0 Å². The molecule has 0 spiro atoms. The van der Waals surface area contributed by atoms with Crippen LogP contribution in [0, 0.1) is 18.6 Å². The third-order valence-corrected chi connectivity index (χ3v) is 5.09. The van der Waals surface area contributed by atoms with Crippen molar-refractivity contribution in [3.63, 3.8) is 0 Å². The molecule has 4 rings (SSSR count). The second kappa shape index (κ2) is 8.03. The van der Waals surface area contributed by atoms with E-state index in [1.807, 2.05) is 12.1 Å². The lowest BCUT2D eigenvalue weighted by Gasteiger charge is -2.32. The van der Waals surface area contributed by atoms with E-state index >= 15 is 0 Å². The Morgan fingerprint density at radius 2 is 1.90 bits per heavy atom. The molecule has 0 bridgehead atoms. The van der Waals surface area contributed by atoms with Crippen molar-refractivity contribution in [3.05, 3.63) is 87.3 Å². The van der Waals surface area contributed by atoms with E-state index in [1.165, 1.54) is 17.2 Å². The molecular formula is C22H21F2N3O2. The number of aryl methyl sites for hydroxylation is 1. The van der Waals surface area contributed by atoms with Gasteiger partial charge in [0, 0.05) is 25.7 Å². The second-order valence-corrected chi connectivity index (χ2v) is 7.13. The molecule has 0 saturated heterocycles. The first kappa shape index (κ1) is 19.1. The van der Waals surface area contributed by atoms with Crippen LogP contribution in [0.1, 0.15) is 23.1 Å². The summed E-state index contributed by atoms with van der Waals surface area (Å²) >= 11 is 0. The fraction of sp³-hybridized carbons (Fsp3) is 0.273. The zero-order valence-corrected chi connectivity index (χ0v) is 16.1. The van der Waals surface area contributed by atoms with Gasteiger partial charge in [-0.1, -0.05) is 30.3 Å². The first-order valence-electron chi connectivity index (χ1n) is 9.49. The molecule has 0 amide bonds. The number of benzene rings is 2. The molecule has 5 nitrogen and oxygen atoms in total. The Labute approximate surface area is 167 Å². The Morgan fingerprint density at radius 3 is 2.69 bits per heavy atom. The van der Waals surface area contributed by atoms with Crippen LogP contribution in [0.4, 0.5) is 14.6 Å². The van der Waals surface area contributed by atoms with Crippen molar-refractivity contribution in [1.82, 2.24) is 9.55 Å². The van der Waals surface area contributed by atoms with Crippen molar-refractivity contribution in [2.45, 2.75) is 33.0 Å². The Morgan fingerprint density at radius 1 is 1.07 bits per heavy atom. The highest BCUT2D eigenvalue weighted by molar-refractivity contribution is 5.45. The monoisotopic (exact) mass is 397 g/mol. The van der Waals surface area contributed by atoms with E-state index in [1.54, 1.807) is 10.6 Å². The highest BCUT2D eigenvalue weighted by atomic mass is 19.2. The summed E-state index contributed by atoms with van der Waals surface area (Å²) in [5.41, 5.74) is 2.46. The minimum absolute atomic E-state index is 0.00904. The molecule has 0 N–H and O–H groups in total. The SMILES string of the molecule is Cc1ccccc1CN1CCCn2c1cc(OCc1ccc(F)c(F)c1)nc2=O. The van der Waals surface area contributed by atoms with Crippen LogP contribution in [0.25, 0.3) is 0 Å². The van der Waals surface area contributed by atoms with E-state index in [2.05, 4.69) is 28.9 Å². The number of fused-ring (bicyclic) bond motifs is 1. The third kappa shape index (κ3) is 4.13. The van der Waals surface area contributed by atoms with Gasteiger partial charge in [0.2, 0.25) is 5.88 Å². The van der Waals surface area contributed by atoms with Crippen LogP contribution in [0.5, 0.6) is 5.88 Å². The van der Waals surface area contributed by atoms with Crippen molar-refractivity contribution in [2.24, 2.45) is 0 Å². The molecule has 0 atom stereocenters. The number of nitrogens with zero attached hydrogens (tertiary/aromatic N) is 3. The third-order valence-electron chi connectivity index (χ3n) is 5.09. The average Bonchev–Trinajstić information content (AvgIpc) is 2.71. The maximum atomic E-state index is 13.4. The normalized spacial score (nSPS) is 13.3. The fourth-order valence-corrected chi connectivity index (χ4v) is 3.49. The topological polar surface area (TPSA) is 47.4 Å². The van der Waals surface area contributed by atoms with E-state index in [-0.39, 0.29) is 18.2 Å². The molecule has 7 heteroatoms. The number of rotatable bonds is 5. The standard InChI is InChI=1S/C22H21F2N3O2/c1-15-5-2-3-6-17(15)13-26-9-4-10-27-21(26)12-20(25-22(27)28)29-14-16-7-8-18(23)19(24)11-16/h2-3,5-8,11-12H,4,9-10,13-14H2,1H3. The maximum Gasteiger partial charge on any atom is 0.352 e. The first-order chi connectivity index (χ1) is 14.0. The predicted octanol–water partition coefficient (Wildman–Crippen LogP) is 3.82. The molecule has 29 heavy (non-hydrogen) atoms. The zero-order chi connectivity index (χ0) is 20.4. The molecular weight excluding hydrogens is 376 g/mol. The molecule has 0 radical (unpaired) electrons. The Hall–Kier alpha value is -3.22. The van der Waals surface area contributed by atoms with Gasteiger partial charge in [0.25, 0.3) is 0 Å². The van der Waals surface area contributed by atoms with Gasteiger partial charge in [-0.05, 0) is 42.2 Å². The summed E-state index contributed by atoms with van der Waals surface area (Å²) in [6, 6.07) is 13.4. The summed E-state index contributed by atoms with van der Waals surface area (Å²) in [7, 11) is 0. The van der Waals surface area contributed by atoms with E-state index in [9.17, 15) is 13.6 Å². The van der Waals surface area contributed by atoms with Gasteiger partial charge in [-0.2, -0.15) is 4.98 Å². The summed E-state index contributed by atoms with van der Waals surface area (Å²) in [4.78, 5) is 18.6. The maximum absolute atomic E-state index is 13.4. The van der Waals surface area contributed by atoms with Gasteiger partial charge in [-0.25, -0.2) is 13.6 Å². The number of hydrogen-bond acceptors (Lipinski definition) is 4. The smallest absolute Gasteiger partial charge is 0.352 e. The lowest BCUT2D eigenvalue weighted by Crippen LogP contribution is -2.38. The summed E-state index contributed by atoms with van der Waals surface area (Å²) in [6.07, 6.45) is 0.857. The van der Waals surface area contributed by atoms with Gasteiger partial charge in [0.1, 0.15) is 12.4 Å². The van der Waals surface area contributed by atoms with E-state index in [4.69, 9.17) is 4.74 Å². The Balaban J connectivity index is 1.58. The highest BCUT2D eigenvalue weighted by Crippen LogP contribution is 2.25. The van der Waals surface area contributed by atoms with Crippen LogP contribution in [0.3, 0.4) is 0 Å². The minimum atomic E-state index is -0.936. The number of aromatic nitrogens is 2. The number of ether oxygens (including phenoxy) is 1. The second-order valence-electron chi connectivity index (χ2n) is 7.13. The molecule has 150 valence electrons. The number of hydrogen-bond donors (Lipinski definition) is 0. The van der Waals surface area contributed by atoms with Crippen molar-refractivity contribution in [2.75, 3.05) is 11.4 Å². The van der Waals surface area contributed by atoms with Gasteiger partial charge < -0.3 is 9.64 Å². The molecule has 1 aliphatic heterocycles. The largest absolute Gasteiger partial charge is 0.473 e. The van der Waals surface area contributed by atoms with Gasteiger partial charge in [0.15, 0.2) is 11.6 Å². The Bertz CT molecular complexity index is 1100. The lowest BCUT2D eigenvalue weighted by atomic mass is 10.1. The quantitative estimate of drug-likeness (QED) is 0.657. The molecule has 0 saturated carbocycles. The highest BCUT2D eigenvalue weighted by Gasteiger charge is 2.20. The minimum Gasteiger partial charge on any atom is -0.473 e. The Kier molecular flexibility index (Phi) is 5.29. The van der Waals surface area contributed by atoms with Crippen LogP contribution < -0.4 is 15.3 Å². The average molecular weight is 397 g/mol. The number of anilines is 1. The summed E-state index contributed by atoms with van der Waals surface area (Å²) < 4.78 is 33.7. The molecule has 0 unspecified atom stereocenters. The molecule has 2 aromatic carbocycles. The van der Waals surface area contributed by atoms with Crippen molar-refractivity contribution in [3.8, 4) is 5.88 Å². The van der Waals surface area contributed by atoms with Crippen LogP contribution in [-0.2, 0) is 19.7 Å². The predicted molar refractivity (Wildman–Crippen MR) is 106 cm³/mol. The molecule has 1 aliphatic rings. The van der Waals surface area contributed by atoms with Gasteiger partial charge in [-0.15, -0.1) is 0 Å². The van der Waals surface area contributed by atoms with E-state index in [0.29, 0.717) is 18.7 Å². The molecule has 3 aromatic rings. The van der Waals surface area contributed by atoms with E-state index in [0.717, 1.165) is 30.9 Å². The summed E-state index contributed by atoms with van der Waals surface area (Å²) in [5.74, 6) is -0.929. The first-order valence-corrected chi connectivity index (χ1v) is 9.49. The van der Waals surface area contributed by atoms with Crippen LogP contribution >= 0.6 is 0 Å². The fourth-order valence-electron chi connectivity index (χ4n) is 3.49. The summed E-state index contributed by atoms with van der Waals surface area (Å²) in [5, 5.41) is 0. The molecule has 1 aromatic heterocycles. The number of halogens is 2. The molecule has 0 aliphatic carbocycles. The van der Waals surface area contributed by atoms with Crippen molar-refractivity contribution >= 4 is 5.82 Å². The van der Waals surface area contributed by atoms with E-state index < -0.39 is 11.6 Å². The van der Waals surface area contributed by atoms with Crippen molar-refractivity contribution in [1.29, 1.82) is 0 Å². The van der Waals surface area contributed by atoms with Crippen LogP contribution in [-0.4, -0.2) is 16.1 Å². The summed E-state index contributed by atoms with van der Waals surface area (Å²) in [6.45, 7) is 4.16. The van der Waals surface area contributed by atoms with Gasteiger partial charge >= 0.3 is 5.69 Å². The van der Waals surface area contributed by atoms with Gasteiger partial charge in [-0.3, -0.25) is 4.57 Å². The molecule has 2 heterocycles. The van der Waals surface area contributed by atoms with Crippen LogP contribution in [0.2, 0.25) is 0 Å². The molecule has 0 fully saturated rings. The van der Waals surface area contributed by atoms with Crippen molar-refractivity contribution < 1.29 is 13.5 Å². The zero-order valence-electron chi connectivity index (χ0n) is 16.1.